The molecule has 1 saturated heterocycles. The molecule has 1 fully saturated rings. The molecule has 116 valence electrons. The number of rotatable bonds is 4. The first-order valence-corrected chi connectivity index (χ1v) is 8.56. The van der Waals surface area contributed by atoms with Gasteiger partial charge in [0.15, 0.2) is 0 Å². The van der Waals surface area contributed by atoms with Crippen LogP contribution in [0.25, 0.3) is 0 Å². The van der Waals surface area contributed by atoms with Crippen LogP contribution in [0.15, 0.2) is 47.4 Å². The van der Waals surface area contributed by atoms with E-state index in [4.69, 9.17) is 17.3 Å². The van der Waals surface area contributed by atoms with Gasteiger partial charge in [-0.1, -0.05) is 11.6 Å². The smallest absolute Gasteiger partial charge is 0.0410 e. The van der Waals surface area contributed by atoms with Crippen LogP contribution in [0.4, 0.5) is 11.4 Å². The highest BCUT2D eigenvalue weighted by atomic mass is 35.5. The predicted octanol–water partition coefficient (Wildman–Crippen LogP) is 4.42. The van der Waals surface area contributed by atoms with Gasteiger partial charge in [0.05, 0.1) is 0 Å². The molecule has 2 aromatic rings. The molecule has 0 aromatic heterocycles. The van der Waals surface area contributed by atoms with Crippen LogP contribution in [0.2, 0.25) is 5.02 Å². The maximum atomic E-state index is 5.92. The highest BCUT2D eigenvalue weighted by Gasteiger charge is 2.23. The van der Waals surface area contributed by atoms with E-state index < -0.39 is 0 Å². The lowest BCUT2D eigenvalue weighted by molar-refractivity contribution is 0.579. The topological polar surface area (TPSA) is 41.3 Å². The van der Waals surface area contributed by atoms with Crippen molar-refractivity contribution < 1.29 is 0 Å². The molecule has 5 heteroatoms. The number of nitrogens with one attached hydrogen (secondary N) is 1. The summed E-state index contributed by atoms with van der Waals surface area (Å²) in [5, 5.41) is 4.38. The van der Waals surface area contributed by atoms with E-state index in [0.717, 1.165) is 41.5 Å². The zero-order valence-electron chi connectivity index (χ0n) is 12.6. The SMILES string of the molecule is Cc1cc(NC2CCN(Sc3ccc(Cl)cc3)C2)ccc1N. The van der Waals surface area contributed by atoms with Crippen molar-refractivity contribution in [1.29, 1.82) is 0 Å². The molecule has 1 unspecified atom stereocenters. The van der Waals surface area contributed by atoms with E-state index in [9.17, 15) is 0 Å². The van der Waals surface area contributed by atoms with Crippen LogP contribution in [-0.4, -0.2) is 23.4 Å². The molecular weight excluding hydrogens is 314 g/mol. The van der Waals surface area contributed by atoms with Crippen molar-refractivity contribution in [1.82, 2.24) is 4.31 Å². The molecule has 2 aromatic carbocycles. The number of halogens is 1. The molecule has 0 spiro atoms. The molecule has 22 heavy (non-hydrogen) atoms. The number of hydrogen-bond acceptors (Lipinski definition) is 4. The molecule has 0 aliphatic carbocycles. The zero-order chi connectivity index (χ0) is 15.5. The highest BCUT2D eigenvalue weighted by molar-refractivity contribution is 7.97. The first kappa shape index (κ1) is 15.5. The first-order chi connectivity index (χ1) is 10.6. The summed E-state index contributed by atoms with van der Waals surface area (Å²) in [7, 11) is 0. The molecule has 3 nitrogen and oxygen atoms in total. The van der Waals surface area contributed by atoms with Crippen LogP contribution in [0, 0.1) is 6.92 Å². The fourth-order valence-electron chi connectivity index (χ4n) is 2.57. The van der Waals surface area contributed by atoms with Gasteiger partial charge in [-0.2, -0.15) is 0 Å². The molecule has 0 amide bonds. The number of nitrogens with two attached hydrogens (primary N) is 1. The van der Waals surface area contributed by atoms with E-state index >= 15 is 0 Å². The van der Waals surface area contributed by atoms with E-state index in [2.05, 4.69) is 33.9 Å². The van der Waals surface area contributed by atoms with E-state index in [0.29, 0.717) is 6.04 Å². The Bertz CT molecular complexity index is 645. The van der Waals surface area contributed by atoms with Gasteiger partial charge in [0.2, 0.25) is 0 Å². The molecule has 0 saturated carbocycles. The molecule has 1 atom stereocenters. The van der Waals surface area contributed by atoms with Crippen molar-refractivity contribution in [3.63, 3.8) is 0 Å². The minimum Gasteiger partial charge on any atom is -0.399 e. The number of hydrogen-bond donors (Lipinski definition) is 2. The van der Waals surface area contributed by atoms with Crippen molar-refractivity contribution >= 4 is 34.9 Å². The van der Waals surface area contributed by atoms with Gasteiger partial charge in [-0.15, -0.1) is 0 Å². The Balaban J connectivity index is 1.55. The van der Waals surface area contributed by atoms with E-state index in [1.54, 1.807) is 11.9 Å². The van der Waals surface area contributed by atoms with Crippen molar-refractivity contribution in [3.05, 3.63) is 53.1 Å². The summed E-state index contributed by atoms with van der Waals surface area (Å²) >= 11 is 7.72. The second kappa shape index (κ2) is 6.82. The first-order valence-electron chi connectivity index (χ1n) is 7.41. The van der Waals surface area contributed by atoms with Gasteiger partial charge >= 0.3 is 0 Å². The fraction of sp³-hybridized carbons (Fsp3) is 0.294. The van der Waals surface area contributed by atoms with E-state index in [-0.39, 0.29) is 0 Å². The summed E-state index contributed by atoms with van der Waals surface area (Å²) in [6, 6.07) is 14.6. The monoisotopic (exact) mass is 333 g/mol. The summed E-state index contributed by atoms with van der Waals surface area (Å²) in [6.45, 7) is 4.15. The molecule has 1 heterocycles. The minimum atomic E-state index is 0.475. The minimum absolute atomic E-state index is 0.475. The largest absolute Gasteiger partial charge is 0.399 e. The van der Waals surface area contributed by atoms with Gasteiger partial charge in [0.1, 0.15) is 0 Å². The zero-order valence-corrected chi connectivity index (χ0v) is 14.1. The van der Waals surface area contributed by atoms with Gasteiger partial charge in [-0.25, -0.2) is 4.31 Å². The van der Waals surface area contributed by atoms with Crippen molar-refractivity contribution in [2.45, 2.75) is 24.3 Å². The number of anilines is 2. The van der Waals surface area contributed by atoms with Gasteiger partial charge in [-0.05, 0) is 73.3 Å². The Morgan fingerprint density at radius 2 is 2.00 bits per heavy atom. The Morgan fingerprint density at radius 3 is 2.73 bits per heavy atom. The van der Waals surface area contributed by atoms with Gasteiger partial charge < -0.3 is 11.1 Å². The third-order valence-electron chi connectivity index (χ3n) is 3.84. The second-order valence-corrected chi connectivity index (χ2v) is 7.24. The lowest BCUT2D eigenvalue weighted by atomic mass is 10.1. The molecule has 3 N–H and O–H groups in total. The maximum absolute atomic E-state index is 5.92. The summed E-state index contributed by atoms with van der Waals surface area (Å²) in [4.78, 5) is 1.23. The number of nitrogens with zero attached hydrogens (tertiary/aromatic N) is 1. The van der Waals surface area contributed by atoms with Crippen molar-refractivity contribution in [3.8, 4) is 0 Å². The Labute approximate surface area is 141 Å². The van der Waals surface area contributed by atoms with Crippen molar-refractivity contribution in [2.24, 2.45) is 0 Å². The summed E-state index contributed by atoms with van der Waals surface area (Å²) < 4.78 is 2.39. The quantitative estimate of drug-likeness (QED) is 0.641. The standard InChI is InChI=1S/C17H20ClN3S/c1-12-10-14(4-7-17(12)19)20-15-8-9-21(11-15)22-16-5-2-13(18)3-6-16/h2-7,10,15,20H,8-9,11,19H2,1H3. The number of aryl methyl sites for hydroxylation is 1. The van der Waals surface area contributed by atoms with E-state index in [1.165, 1.54) is 4.90 Å². The van der Waals surface area contributed by atoms with Crippen LogP contribution >= 0.6 is 23.5 Å². The van der Waals surface area contributed by atoms with Crippen molar-refractivity contribution in [2.75, 3.05) is 24.1 Å². The maximum Gasteiger partial charge on any atom is 0.0410 e. The van der Waals surface area contributed by atoms with Crippen LogP contribution in [-0.2, 0) is 0 Å². The number of nitrogen functional groups attached to an aromatic ring is 1. The van der Waals surface area contributed by atoms with Crippen LogP contribution in [0.1, 0.15) is 12.0 Å². The van der Waals surface area contributed by atoms with Crippen LogP contribution in [0.5, 0.6) is 0 Å². The molecular formula is C17H20ClN3S. The average molecular weight is 334 g/mol. The third-order valence-corrected chi connectivity index (χ3v) is 5.16. The lowest BCUT2D eigenvalue weighted by Crippen LogP contribution is -2.22. The van der Waals surface area contributed by atoms with Crippen LogP contribution < -0.4 is 11.1 Å². The average Bonchev–Trinajstić information content (AvgIpc) is 2.93. The Kier molecular flexibility index (Phi) is 4.81. The molecule has 0 radical (unpaired) electrons. The highest BCUT2D eigenvalue weighted by Crippen LogP contribution is 2.29. The third kappa shape index (κ3) is 3.88. The molecule has 1 aliphatic rings. The Hall–Kier alpha value is -1.36. The van der Waals surface area contributed by atoms with E-state index in [1.807, 2.05) is 25.1 Å². The van der Waals surface area contributed by atoms with Crippen LogP contribution in [0.3, 0.4) is 0 Å². The van der Waals surface area contributed by atoms with Gasteiger partial charge in [0.25, 0.3) is 0 Å². The fourth-order valence-corrected chi connectivity index (χ4v) is 3.71. The predicted molar refractivity (Wildman–Crippen MR) is 96.5 cm³/mol. The summed E-state index contributed by atoms with van der Waals surface area (Å²) in [5.41, 5.74) is 8.98. The number of benzene rings is 2. The summed E-state index contributed by atoms with van der Waals surface area (Å²) in [5.74, 6) is 0. The molecule has 0 bridgehead atoms. The molecule has 1 aliphatic heterocycles. The normalized spacial score (nSPS) is 18.5. The van der Waals surface area contributed by atoms with Gasteiger partial charge in [0, 0.05) is 40.4 Å². The van der Waals surface area contributed by atoms with Gasteiger partial charge in [-0.3, -0.25) is 0 Å². The Morgan fingerprint density at radius 1 is 1.23 bits per heavy atom. The molecule has 3 rings (SSSR count). The second-order valence-electron chi connectivity index (χ2n) is 5.63. The summed E-state index contributed by atoms with van der Waals surface area (Å²) in [6.07, 6.45) is 1.14. The lowest BCUT2D eigenvalue weighted by Gasteiger charge is -2.17.